The molecule has 0 aromatic carbocycles. The summed E-state index contributed by atoms with van der Waals surface area (Å²) in [7, 11) is 0. The number of nitrogens with two attached hydrogens (primary N) is 1. The summed E-state index contributed by atoms with van der Waals surface area (Å²) in [6, 6.07) is -0.370. The molecule has 2 N–H and O–H groups in total. The van der Waals surface area contributed by atoms with Crippen LogP contribution in [-0.2, 0) is 4.79 Å². The van der Waals surface area contributed by atoms with Crippen LogP contribution in [0, 0.1) is 0 Å². The quantitative estimate of drug-likeness (QED) is 0.547. The van der Waals surface area contributed by atoms with Crippen molar-refractivity contribution in [2.24, 2.45) is 5.73 Å². The van der Waals surface area contributed by atoms with Crippen LogP contribution in [0.4, 0.5) is 0 Å². The minimum absolute atomic E-state index is 0.150. The molecule has 0 aliphatic rings. The SMILES string of the molecule is C[C@H](N)C(=O)Br. The van der Waals surface area contributed by atoms with Crippen LogP contribution in [0.25, 0.3) is 0 Å². The predicted molar refractivity (Wildman–Crippen MR) is 27.6 cm³/mol. The lowest BCUT2D eigenvalue weighted by atomic mass is 10.4. The van der Waals surface area contributed by atoms with Crippen LogP contribution < -0.4 is 5.73 Å². The fraction of sp³-hybridized carbons (Fsp3) is 0.667. The Morgan fingerprint density at radius 1 is 2.00 bits per heavy atom. The highest BCUT2D eigenvalue weighted by molar-refractivity contribution is 9.18. The van der Waals surface area contributed by atoms with E-state index in [-0.39, 0.29) is 10.7 Å². The maximum absolute atomic E-state index is 9.94. The summed E-state index contributed by atoms with van der Waals surface area (Å²) >= 11 is 2.67. The van der Waals surface area contributed by atoms with Gasteiger partial charge in [-0.2, -0.15) is 0 Å². The summed E-state index contributed by atoms with van der Waals surface area (Å²) in [4.78, 5) is 9.94. The van der Waals surface area contributed by atoms with Gasteiger partial charge in [0.25, 0.3) is 0 Å². The van der Waals surface area contributed by atoms with Gasteiger partial charge in [0.05, 0.1) is 6.04 Å². The van der Waals surface area contributed by atoms with Gasteiger partial charge in [-0.3, -0.25) is 4.79 Å². The molecule has 0 aromatic rings. The Balaban J connectivity index is 3.26. The molecule has 0 aromatic heterocycles. The molecular weight excluding hydrogens is 146 g/mol. The third-order valence-electron chi connectivity index (χ3n) is 0.358. The summed E-state index contributed by atoms with van der Waals surface area (Å²) in [6.45, 7) is 1.62. The summed E-state index contributed by atoms with van der Waals surface area (Å²) < 4.78 is -0.150. The zero-order valence-corrected chi connectivity index (χ0v) is 5.03. The fourth-order valence-corrected chi connectivity index (χ4v) is 0. The van der Waals surface area contributed by atoms with E-state index in [2.05, 4.69) is 15.9 Å². The van der Waals surface area contributed by atoms with E-state index in [1.807, 2.05) is 0 Å². The van der Waals surface area contributed by atoms with E-state index in [1.54, 1.807) is 6.92 Å². The number of halogens is 1. The van der Waals surface area contributed by atoms with Crippen molar-refractivity contribution in [3.63, 3.8) is 0 Å². The van der Waals surface area contributed by atoms with Crippen molar-refractivity contribution >= 4 is 20.6 Å². The smallest absolute Gasteiger partial charge is 0.214 e. The zero-order chi connectivity index (χ0) is 5.15. The van der Waals surface area contributed by atoms with Crippen LogP contribution in [0.5, 0.6) is 0 Å². The number of carbonyl (C=O) groups excluding carboxylic acids is 1. The van der Waals surface area contributed by atoms with Crippen LogP contribution in [-0.4, -0.2) is 10.7 Å². The van der Waals surface area contributed by atoms with Gasteiger partial charge in [0, 0.05) is 0 Å². The van der Waals surface area contributed by atoms with Crippen molar-refractivity contribution < 1.29 is 4.79 Å². The number of hydrogen-bond donors (Lipinski definition) is 1. The van der Waals surface area contributed by atoms with Crippen molar-refractivity contribution in [1.29, 1.82) is 0 Å². The number of carbonyl (C=O) groups is 1. The van der Waals surface area contributed by atoms with Crippen LogP contribution in [0.1, 0.15) is 6.92 Å². The average Bonchev–Trinajstić information content (AvgIpc) is 1.36. The van der Waals surface area contributed by atoms with Gasteiger partial charge in [-0.05, 0) is 22.9 Å². The van der Waals surface area contributed by atoms with E-state index in [4.69, 9.17) is 5.73 Å². The summed E-state index contributed by atoms with van der Waals surface area (Å²) in [5.41, 5.74) is 5.04. The fourth-order valence-electron chi connectivity index (χ4n) is 0. The maximum atomic E-state index is 9.94. The molecule has 3 heteroatoms. The summed E-state index contributed by atoms with van der Waals surface area (Å²) in [6.07, 6.45) is 0. The molecule has 6 heavy (non-hydrogen) atoms. The molecule has 0 amide bonds. The molecular formula is C3H6BrNO. The molecule has 0 spiro atoms. The van der Waals surface area contributed by atoms with Gasteiger partial charge in [0.1, 0.15) is 0 Å². The zero-order valence-electron chi connectivity index (χ0n) is 3.44. The van der Waals surface area contributed by atoms with Gasteiger partial charge >= 0.3 is 0 Å². The largest absolute Gasteiger partial charge is 0.321 e. The van der Waals surface area contributed by atoms with Crippen molar-refractivity contribution in [1.82, 2.24) is 0 Å². The monoisotopic (exact) mass is 151 g/mol. The van der Waals surface area contributed by atoms with Crippen LogP contribution in [0.2, 0.25) is 0 Å². The minimum atomic E-state index is -0.370. The Hall–Kier alpha value is 0.110. The topological polar surface area (TPSA) is 43.1 Å². The first-order chi connectivity index (χ1) is 2.64. The van der Waals surface area contributed by atoms with E-state index >= 15 is 0 Å². The Labute approximate surface area is 44.8 Å². The second-order valence-electron chi connectivity index (χ2n) is 1.09. The molecule has 0 bridgehead atoms. The Kier molecular flexibility index (Phi) is 2.35. The Bertz CT molecular complexity index is 61.8. The first-order valence-corrected chi connectivity index (χ1v) is 2.39. The molecule has 0 saturated heterocycles. The first kappa shape index (κ1) is 6.11. The lowest BCUT2D eigenvalue weighted by Crippen LogP contribution is -2.21. The van der Waals surface area contributed by atoms with Gasteiger partial charge in [0.15, 0.2) is 0 Å². The van der Waals surface area contributed by atoms with Gasteiger partial charge < -0.3 is 5.73 Å². The molecule has 1 atom stereocenters. The molecule has 0 aliphatic heterocycles. The molecule has 0 saturated carbocycles. The van der Waals surface area contributed by atoms with E-state index in [0.717, 1.165) is 0 Å². The Morgan fingerprint density at radius 2 is 2.17 bits per heavy atom. The van der Waals surface area contributed by atoms with Crippen LogP contribution in [0.3, 0.4) is 0 Å². The van der Waals surface area contributed by atoms with Gasteiger partial charge in [0.2, 0.25) is 4.69 Å². The van der Waals surface area contributed by atoms with Crippen LogP contribution in [0.15, 0.2) is 0 Å². The van der Waals surface area contributed by atoms with Crippen LogP contribution >= 0.6 is 15.9 Å². The molecule has 0 rings (SSSR count). The molecule has 0 aliphatic carbocycles. The lowest BCUT2D eigenvalue weighted by molar-refractivity contribution is -0.111. The maximum Gasteiger partial charge on any atom is 0.214 e. The molecule has 36 valence electrons. The van der Waals surface area contributed by atoms with E-state index in [0.29, 0.717) is 0 Å². The van der Waals surface area contributed by atoms with E-state index in [9.17, 15) is 4.79 Å². The Morgan fingerprint density at radius 3 is 2.17 bits per heavy atom. The van der Waals surface area contributed by atoms with E-state index in [1.165, 1.54) is 0 Å². The second kappa shape index (κ2) is 2.31. The highest BCUT2D eigenvalue weighted by atomic mass is 79.9. The third kappa shape index (κ3) is 2.35. The van der Waals surface area contributed by atoms with Gasteiger partial charge in [-0.25, -0.2) is 0 Å². The molecule has 0 radical (unpaired) electrons. The minimum Gasteiger partial charge on any atom is -0.321 e. The van der Waals surface area contributed by atoms with Crippen molar-refractivity contribution in [3.8, 4) is 0 Å². The summed E-state index contributed by atoms with van der Waals surface area (Å²) in [5, 5.41) is 0. The lowest BCUT2D eigenvalue weighted by Gasteiger charge is -1.89. The number of rotatable bonds is 1. The molecule has 0 unspecified atom stereocenters. The number of hydrogen-bond acceptors (Lipinski definition) is 2. The van der Waals surface area contributed by atoms with Crippen molar-refractivity contribution in [3.05, 3.63) is 0 Å². The molecule has 2 nitrogen and oxygen atoms in total. The molecule has 0 fully saturated rings. The highest BCUT2D eigenvalue weighted by Crippen LogP contribution is 1.86. The predicted octanol–water partition coefficient (Wildman–Crippen LogP) is 0.255. The third-order valence-corrected chi connectivity index (χ3v) is 1.08. The second-order valence-corrected chi connectivity index (χ2v) is 1.87. The van der Waals surface area contributed by atoms with Crippen molar-refractivity contribution in [2.45, 2.75) is 13.0 Å². The first-order valence-electron chi connectivity index (χ1n) is 1.59. The average molecular weight is 152 g/mol. The standard InChI is InChI=1S/C3H6BrNO/c1-2(5)3(4)6/h2H,5H2,1H3/t2-/m0/s1. The van der Waals surface area contributed by atoms with E-state index < -0.39 is 0 Å². The van der Waals surface area contributed by atoms with Gasteiger partial charge in [-0.15, -0.1) is 0 Å². The van der Waals surface area contributed by atoms with Crippen molar-refractivity contribution in [2.75, 3.05) is 0 Å². The van der Waals surface area contributed by atoms with Gasteiger partial charge in [-0.1, -0.05) is 0 Å². The highest BCUT2D eigenvalue weighted by Gasteiger charge is 1.97. The molecule has 0 heterocycles. The summed E-state index contributed by atoms with van der Waals surface area (Å²) in [5.74, 6) is 0. The normalized spacial score (nSPS) is 13.8.